The molecule has 140 valence electrons. The number of benzene rings is 2. The summed E-state index contributed by atoms with van der Waals surface area (Å²) in [5.74, 6) is 1.92. The Hall–Kier alpha value is -3.03. The number of aromatic amines is 1. The van der Waals surface area contributed by atoms with Crippen LogP contribution in [0.25, 0.3) is 22.4 Å². The first-order chi connectivity index (χ1) is 13.7. The zero-order valence-corrected chi connectivity index (χ0v) is 16.1. The van der Waals surface area contributed by atoms with Crippen molar-refractivity contribution in [3.63, 3.8) is 0 Å². The van der Waals surface area contributed by atoms with Gasteiger partial charge in [-0.1, -0.05) is 23.7 Å². The maximum atomic E-state index is 12.4. The molecule has 2 aromatic heterocycles. The molecular formula is C20H14ClN3O3S. The molecule has 1 amide bonds. The van der Waals surface area contributed by atoms with Crippen LogP contribution in [-0.4, -0.2) is 29.1 Å². The first kappa shape index (κ1) is 17.1. The lowest BCUT2D eigenvalue weighted by Gasteiger charge is -2.17. The van der Waals surface area contributed by atoms with Crippen molar-refractivity contribution < 1.29 is 14.3 Å². The van der Waals surface area contributed by atoms with Gasteiger partial charge in [-0.2, -0.15) is 0 Å². The van der Waals surface area contributed by atoms with Crippen molar-refractivity contribution >= 4 is 45.6 Å². The van der Waals surface area contributed by atoms with Gasteiger partial charge in [-0.25, -0.2) is 4.98 Å². The Morgan fingerprint density at radius 2 is 1.93 bits per heavy atom. The van der Waals surface area contributed by atoms with E-state index >= 15 is 0 Å². The van der Waals surface area contributed by atoms with E-state index in [9.17, 15) is 4.79 Å². The number of carbonyl (C=O) groups is 1. The second-order valence-electron chi connectivity index (χ2n) is 6.24. The van der Waals surface area contributed by atoms with Crippen LogP contribution in [0.5, 0.6) is 11.5 Å². The van der Waals surface area contributed by atoms with Crippen LogP contribution in [0.15, 0.2) is 48.5 Å². The molecule has 1 aliphatic rings. The number of carbonyl (C=O) groups excluding carboxylic acids is 1. The normalized spacial score (nSPS) is 12.9. The summed E-state index contributed by atoms with van der Waals surface area (Å²) in [6.07, 6.45) is 0. The summed E-state index contributed by atoms with van der Waals surface area (Å²) in [6.45, 7) is 1.07. The van der Waals surface area contributed by atoms with Gasteiger partial charge in [0.15, 0.2) is 11.5 Å². The molecule has 0 aliphatic carbocycles. The van der Waals surface area contributed by atoms with Crippen LogP contribution >= 0.6 is 22.9 Å². The van der Waals surface area contributed by atoms with Crippen LogP contribution in [0.1, 0.15) is 9.67 Å². The van der Waals surface area contributed by atoms with Crippen molar-refractivity contribution in [2.75, 3.05) is 18.5 Å². The quantitative estimate of drug-likeness (QED) is 0.499. The number of hydrogen-bond acceptors (Lipinski definition) is 5. The molecule has 0 radical (unpaired) electrons. The molecule has 0 bridgehead atoms. The van der Waals surface area contributed by atoms with Crippen LogP contribution in [0.2, 0.25) is 4.34 Å². The van der Waals surface area contributed by atoms with Crippen LogP contribution in [0.3, 0.4) is 0 Å². The Balaban J connectivity index is 1.45. The summed E-state index contributed by atoms with van der Waals surface area (Å²) >= 11 is 7.15. The fourth-order valence-corrected chi connectivity index (χ4v) is 3.99. The summed E-state index contributed by atoms with van der Waals surface area (Å²) in [4.78, 5) is 20.9. The number of nitrogens with one attached hydrogen (secondary N) is 2. The molecule has 2 N–H and O–H groups in total. The number of nitrogens with zero attached hydrogens (tertiary/aromatic N) is 1. The number of rotatable bonds is 3. The molecule has 28 heavy (non-hydrogen) atoms. The molecule has 0 spiro atoms. The first-order valence-corrected chi connectivity index (χ1v) is 9.82. The lowest BCUT2D eigenvalue weighted by molar-refractivity contribution is 0.103. The van der Waals surface area contributed by atoms with Crippen molar-refractivity contribution in [3.8, 4) is 22.9 Å². The highest BCUT2D eigenvalue weighted by atomic mass is 35.5. The largest absolute Gasteiger partial charge is 0.486 e. The molecule has 4 aromatic rings. The Kier molecular flexibility index (Phi) is 4.18. The average Bonchev–Trinajstić information content (AvgIpc) is 3.32. The zero-order valence-electron chi connectivity index (χ0n) is 14.5. The number of thiophene rings is 1. The molecular weight excluding hydrogens is 398 g/mol. The topological polar surface area (TPSA) is 76.2 Å². The number of fused-ring (bicyclic) bond motifs is 2. The molecule has 1 aliphatic heterocycles. The Morgan fingerprint density at radius 3 is 2.71 bits per heavy atom. The highest BCUT2D eigenvalue weighted by Gasteiger charge is 2.16. The van der Waals surface area contributed by atoms with Crippen molar-refractivity contribution in [1.29, 1.82) is 0 Å². The van der Waals surface area contributed by atoms with E-state index in [0.717, 1.165) is 16.6 Å². The second-order valence-corrected chi connectivity index (χ2v) is 7.95. The highest BCUT2D eigenvalue weighted by Crippen LogP contribution is 2.35. The van der Waals surface area contributed by atoms with E-state index in [4.69, 9.17) is 21.1 Å². The van der Waals surface area contributed by atoms with E-state index in [-0.39, 0.29) is 5.91 Å². The van der Waals surface area contributed by atoms with E-state index < -0.39 is 0 Å². The van der Waals surface area contributed by atoms with Gasteiger partial charge in [0.1, 0.15) is 19.0 Å². The van der Waals surface area contributed by atoms with E-state index in [1.54, 1.807) is 12.1 Å². The smallest absolute Gasteiger partial charge is 0.265 e. The molecule has 0 fully saturated rings. The van der Waals surface area contributed by atoms with E-state index in [1.807, 2.05) is 36.4 Å². The number of imidazole rings is 1. The average molecular weight is 412 g/mol. The number of ether oxygens (including phenoxy) is 2. The van der Waals surface area contributed by atoms with Gasteiger partial charge in [-0.05, 0) is 24.3 Å². The van der Waals surface area contributed by atoms with Gasteiger partial charge >= 0.3 is 0 Å². The number of halogens is 1. The van der Waals surface area contributed by atoms with Crippen molar-refractivity contribution in [3.05, 3.63) is 57.7 Å². The van der Waals surface area contributed by atoms with Crippen LogP contribution < -0.4 is 14.8 Å². The van der Waals surface area contributed by atoms with E-state index in [2.05, 4.69) is 15.3 Å². The molecule has 8 heteroatoms. The summed E-state index contributed by atoms with van der Waals surface area (Å²) in [6, 6.07) is 14.7. The third-order valence-corrected chi connectivity index (χ3v) is 5.57. The van der Waals surface area contributed by atoms with Crippen LogP contribution in [0, 0.1) is 0 Å². The van der Waals surface area contributed by atoms with Gasteiger partial charge in [0.2, 0.25) is 0 Å². The third-order valence-electron chi connectivity index (χ3n) is 4.34. The Labute approximate surface area is 169 Å². The molecule has 0 saturated heterocycles. The van der Waals surface area contributed by atoms with Gasteiger partial charge in [-0.15, -0.1) is 11.3 Å². The fraction of sp³-hybridized carbons (Fsp3) is 0.100. The zero-order chi connectivity index (χ0) is 19.1. The molecule has 2 aromatic carbocycles. The molecule has 6 nitrogen and oxygen atoms in total. The first-order valence-electron chi connectivity index (χ1n) is 8.62. The molecule has 3 heterocycles. The number of hydrogen-bond donors (Lipinski definition) is 2. The molecule has 0 saturated carbocycles. The predicted molar refractivity (Wildman–Crippen MR) is 110 cm³/mol. The van der Waals surface area contributed by atoms with Crippen LogP contribution in [-0.2, 0) is 0 Å². The van der Waals surface area contributed by atoms with Crippen molar-refractivity contribution in [1.82, 2.24) is 9.97 Å². The molecule has 0 unspecified atom stereocenters. The standard InChI is InChI=1S/C20H14ClN3O3S/c21-18-5-4-17(28-18)20(25)22-12-3-1-2-11(8-12)19-23-13-9-15-16(10-14(13)24-19)27-7-6-26-15/h1-5,8-10H,6-7H2,(H,22,25)(H,23,24). The summed E-state index contributed by atoms with van der Waals surface area (Å²) in [5.41, 5.74) is 3.19. The van der Waals surface area contributed by atoms with Gasteiger partial charge in [0, 0.05) is 23.4 Å². The number of anilines is 1. The predicted octanol–water partition coefficient (Wildman–Crippen LogP) is 4.97. The Bertz CT molecular complexity index is 1160. The highest BCUT2D eigenvalue weighted by molar-refractivity contribution is 7.18. The third kappa shape index (κ3) is 3.19. The minimum atomic E-state index is -0.194. The fourth-order valence-electron chi connectivity index (χ4n) is 3.06. The maximum absolute atomic E-state index is 12.4. The second kappa shape index (κ2) is 6.85. The number of aromatic nitrogens is 2. The maximum Gasteiger partial charge on any atom is 0.265 e. The SMILES string of the molecule is O=C(Nc1cccc(-c2nc3cc4c(cc3[nH]2)OCCO4)c1)c1ccc(Cl)s1. The number of amides is 1. The van der Waals surface area contributed by atoms with E-state index in [1.165, 1.54) is 11.3 Å². The van der Waals surface area contributed by atoms with E-state index in [0.29, 0.717) is 45.4 Å². The van der Waals surface area contributed by atoms with Crippen molar-refractivity contribution in [2.24, 2.45) is 0 Å². The minimum Gasteiger partial charge on any atom is -0.486 e. The molecule has 5 rings (SSSR count). The van der Waals surface area contributed by atoms with Gasteiger partial charge in [0.25, 0.3) is 5.91 Å². The van der Waals surface area contributed by atoms with Gasteiger partial charge in [-0.3, -0.25) is 4.79 Å². The van der Waals surface area contributed by atoms with Gasteiger partial charge < -0.3 is 19.8 Å². The van der Waals surface area contributed by atoms with Gasteiger partial charge in [0.05, 0.1) is 20.2 Å². The summed E-state index contributed by atoms with van der Waals surface area (Å²) in [5, 5.41) is 2.89. The molecule has 0 atom stereocenters. The lowest BCUT2D eigenvalue weighted by Crippen LogP contribution is -2.15. The van der Waals surface area contributed by atoms with Crippen molar-refractivity contribution in [2.45, 2.75) is 0 Å². The summed E-state index contributed by atoms with van der Waals surface area (Å²) in [7, 11) is 0. The monoisotopic (exact) mass is 411 g/mol. The minimum absolute atomic E-state index is 0.194. The van der Waals surface area contributed by atoms with Crippen LogP contribution in [0.4, 0.5) is 5.69 Å². The summed E-state index contributed by atoms with van der Waals surface area (Å²) < 4.78 is 11.8. The number of H-pyrrole nitrogens is 1. The Morgan fingerprint density at radius 1 is 1.11 bits per heavy atom. The lowest BCUT2D eigenvalue weighted by atomic mass is 10.2.